The fourth-order valence-corrected chi connectivity index (χ4v) is 6.27. The molecule has 3 saturated carbocycles. The minimum atomic E-state index is -0.870. The topological polar surface area (TPSA) is 130 Å². The number of aliphatic carboxylic acids is 1. The lowest BCUT2D eigenvalue weighted by Crippen LogP contribution is -2.51. The number of nitrogens with zero attached hydrogens (tertiary/aromatic N) is 4. The van der Waals surface area contributed by atoms with Crippen molar-refractivity contribution in [2.24, 2.45) is 17.8 Å². The molecule has 2 atom stereocenters. The predicted octanol–water partition coefficient (Wildman–Crippen LogP) is 5.92. The van der Waals surface area contributed by atoms with Crippen molar-refractivity contribution in [3.63, 3.8) is 0 Å². The van der Waals surface area contributed by atoms with E-state index in [4.69, 9.17) is 16.0 Å². The molecule has 9 nitrogen and oxygen atoms in total. The van der Waals surface area contributed by atoms with Gasteiger partial charge in [-0.2, -0.15) is 0 Å². The Labute approximate surface area is 220 Å². The zero-order valence-corrected chi connectivity index (χ0v) is 20.7. The van der Waals surface area contributed by atoms with Gasteiger partial charge in [0.05, 0.1) is 17.7 Å². The molecule has 0 saturated heterocycles. The molecule has 3 aliphatic rings. The largest absolute Gasteiger partial charge is 0.481 e. The summed E-state index contributed by atoms with van der Waals surface area (Å²) < 4.78 is 22.1. The molecule has 0 radical (unpaired) electrons. The first-order chi connectivity index (χ1) is 18.5. The maximum absolute atomic E-state index is 16.2. The number of hydrogen-bond donors (Lipinski definition) is 3. The summed E-state index contributed by atoms with van der Waals surface area (Å²) >= 11 is 6.10. The fraction of sp³-hybridized carbons (Fsp3) is 0.296. The molecule has 0 spiro atoms. The number of aromatic nitrogens is 5. The van der Waals surface area contributed by atoms with Gasteiger partial charge in [0.25, 0.3) is 0 Å². The van der Waals surface area contributed by atoms with Gasteiger partial charge in [-0.05, 0) is 49.7 Å². The number of benzene rings is 1. The van der Waals surface area contributed by atoms with E-state index in [2.05, 4.69) is 30.2 Å². The van der Waals surface area contributed by atoms with Crippen LogP contribution in [0.1, 0.15) is 25.7 Å². The van der Waals surface area contributed by atoms with Crippen LogP contribution in [0.2, 0.25) is 5.15 Å². The Kier molecular flexibility index (Phi) is 5.33. The van der Waals surface area contributed by atoms with Crippen molar-refractivity contribution >= 4 is 45.5 Å². The Hall–Kier alpha value is -4.05. The molecule has 38 heavy (non-hydrogen) atoms. The Bertz CT molecular complexity index is 1680. The summed E-state index contributed by atoms with van der Waals surface area (Å²) in [6.45, 7) is 0. The maximum atomic E-state index is 16.2. The maximum Gasteiger partial charge on any atom is 0.308 e. The molecule has 192 valence electrons. The van der Waals surface area contributed by atoms with Crippen molar-refractivity contribution in [3.8, 4) is 22.8 Å². The van der Waals surface area contributed by atoms with Gasteiger partial charge >= 0.3 is 5.97 Å². The van der Waals surface area contributed by atoms with Gasteiger partial charge in [0, 0.05) is 17.6 Å². The van der Waals surface area contributed by atoms with Crippen LogP contribution in [0, 0.1) is 23.6 Å². The zero-order valence-electron chi connectivity index (χ0n) is 20.0. The Morgan fingerprint density at radius 1 is 1.13 bits per heavy atom. The first-order valence-electron chi connectivity index (χ1n) is 12.5. The molecule has 1 aromatic carbocycles. The molecule has 3 N–H and O–H groups in total. The number of rotatable bonds is 5. The van der Waals surface area contributed by atoms with Crippen LogP contribution in [0.5, 0.6) is 0 Å². The Balaban J connectivity index is 1.40. The van der Waals surface area contributed by atoms with E-state index in [0.29, 0.717) is 22.3 Å². The Morgan fingerprint density at radius 3 is 2.71 bits per heavy atom. The summed E-state index contributed by atoms with van der Waals surface area (Å²) in [5.41, 5.74) is 1.96. The van der Waals surface area contributed by atoms with Gasteiger partial charge in [-0.15, -0.1) is 0 Å². The molecule has 11 heteroatoms. The molecule has 0 amide bonds. The number of carboxylic acids is 1. The average molecular weight is 533 g/mol. The highest BCUT2D eigenvalue weighted by Crippen LogP contribution is 2.47. The van der Waals surface area contributed by atoms with Crippen LogP contribution in [0.4, 0.5) is 10.2 Å². The van der Waals surface area contributed by atoms with Crippen molar-refractivity contribution in [2.45, 2.75) is 31.7 Å². The van der Waals surface area contributed by atoms with Crippen LogP contribution in [-0.2, 0) is 4.79 Å². The average Bonchev–Trinajstić information content (AvgIpc) is 3.54. The molecule has 2 bridgehead atoms. The van der Waals surface area contributed by atoms with Gasteiger partial charge < -0.3 is 19.8 Å². The van der Waals surface area contributed by atoms with Crippen molar-refractivity contribution in [2.75, 3.05) is 5.32 Å². The molecular formula is C27H22ClFN6O3. The highest BCUT2D eigenvalue weighted by Gasteiger charge is 2.47. The lowest BCUT2D eigenvalue weighted by atomic mass is 9.61. The molecule has 3 aliphatic carbocycles. The second-order valence-electron chi connectivity index (χ2n) is 10.0. The van der Waals surface area contributed by atoms with Crippen LogP contribution in [0.3, 0.4) is 0 Å². The summed E-state index contributed by atoms with van der Waals surface area (Å²) in [7, 11) is 0. The van der Waals surface area contributed by atoms with Crippen molar-refractivity contribution in [1.29, 1.82) is 0 Å². The van der Waals surface area contributed by atoms with Gasteiger partial charge in [0.2, 0.25) is 0 Å². The minimum absolute atomic E-state index is 0.0362. The number of anilines is 1. The first kappa shape index (κ1) is 23.1. The van der Waals surface area contributed by atoms with Gasteiger partial charge in [-0.1, -0.05) is 29.8 Å². The molecular weight excluding hydrogens is 511 g/mol. The van der Waals surface area contributed by atoms with Crippen LogP contribution < -0.4 is 5.32 Å². The summed E-state index contributed by atoms with van der Waals surface area (Å²) in [5.74, 6) is -1.68. The quantitative estimate of drug-likeness (QED) is 0.254. The summed E-state index contributed by atoms with van der Waals surface area (Å²) in [6, 6.07) is 8.65. The first-order valence-corrected chi connectivity index (χ1v) is 12.9. The lowest BCUT2D eigenvalue weighted by molar-refractivity contribution is -0.148. The van der Waals surface area contributed by atoms with Crippen LogP contribution in [0.25, 0.3) is 45.0 Å². The van der Waals surface area contributed by atoms with Crippen LogP contribution >= 0.6 is 11.6 Å². The third-order valence-corrected chi connectivity index (χ3v) is 8.09. The molecule has 4 heterocycles. The standard InChI is InChI=1S/C27H22ClFN6O3/c28-18-11-31-26-22(32-18)15(10-30-26)24-34-23(17-9-14-3-1-2-4-16(14)38-17)20(29)25(35-24)33-21-13-7-5-12(6-8-13)19(21)27(36)37/h1-4,9-13,19,21H,5-8H2,(H,30,31)(H,36,37)(H,33,34,35)/t12?,13?,19-,21-/m1/s1. The van der Waals surface area contributed by atoms with E-state index < -0.39 is 23.7 Å². The summed E-state index contributed by atoms with van der Waals surface area (Å²) in [5, 5.41) is 14.2. The van der Waals surface area contributed by atoms with E-state index in [1.807, 2.05) is 18.2 Å². The van der Waals surface area contributed by atoms with Gasteiger partial charge in [0.1, 0.15) is 21.9 Å². The third kappa shape index (κ3) is 3.70. The number of halogens is 2. The third-order valence-electron chi connectivity index (χ3n) is 7.91. The molecule has 8 rings (SSSR count). The zero-order chi connectivity index (χ0) is 26.0. The predicted molar refractivity (Wildman–Crippen MR) is 139 cm³/mol. The van der Waals surface area contributed by atoms with Crippen LogP contribution in [0.15, 0.2) is 47.1 Å². The highest BCUT2D eigenvalue weighted by atomic mass is 35.5. The minimum Gasteiger partial charge on any atom is -0.481 e. The smallest absolute Gasteiger partial charge is 0.308 e. The van der Waals surface area contributed by atoms with Gasteiger partial charge in [0.15, 0.2) is 28.9 Å². The van der Waals surface area contributed by atoms with E-state index in [-0.39, 0.29) is 40.1 Å². The second-order valence-corrected chi connectivity index (χ2v) is 10.4. The number of nitrogens with one attached hydrogen (secondary N) is 2. The van der Waals surface area contributed by atoms with E-state index in [1.54, 1.807) is 18.3 Å². The van der Waals surface area contributed by atoms with Crippen molar-refractivity contribution < 1.29 is 18.7 Å². The SMILES string of the molecule is O=C(O)[C@@H]1C2CCC(CC2)[C@H]1Nc1nc(-c2c[nH]c3ncc(Cl)nc23)nc(-c2cc3ccccc3o2)c1F. The van der Waals surface area contributed by atoms with E-state index in [9.17, 15) is 9.90 Å². The van der Waals surface area contributed by atoms with Gasteiger partial charge in [-0.25, -0.2) is 24.3 Å². The Morgan fingerprint density at radius 2 is 1.92 bits per heavy atom. The number of aromatic amines is 1. The van der Waals surface area contributed by atoms with Crippen LogP contribution in [-0.4, -0.2) is 42.0 Å². The van der Waals surface area contributed by atoms with E-state index in [1.165, 1.54) is 6.20 Å². The number of carboxylic acid groups (broad SMARTS) is 1. The van der Waals surface area contributed by atoms with Crippen molar-refractivity contribution in [3.05, 3.63) is 53.7 Å². The number of hydrogen-bond acceptors (Lipinski definition) is 7. The number of furan rings is 1. The summed E-state index contributed by atoms with van der Waals surface area (Å²) in [6.07, 6.45) is 6.61. The normalized spacial score (nSPS) is 22.8. The lowest BCUT2D eigenvalue weighted by Gasteiger charge is -2.47. The molecule has 4 aromatic heterocycles. The second kappa shape index (κ2) is 8.76. The highest BCUT2D eigenvalue weighted by molar-refractivity contribution is 6.29. The van der Waals surface area contributed by atoms with E-state index >= 15 is 4.39 Å². The van der Waals surface area contributed by atoms with Gasteiger partial charge in [-0.3, -0.25) is 4.79 Å². The summed E-state index contributed by atoms with van der Waals surface area (Å²) in [4.78, 5) is 33.0. The van der Waals surface area contributed by atoms with Crippen molar-refractivity contribution in [1.82, 2.24) is 24.9 Å². The molecule has 0 unspecified atom stereocenters. The number of H-pyrrole nitrogens is 1. The fourth-order valence-electron chi connectivity index (χ4n) is 6.14. The number of para-hydroxylation sites is 1. The monoisotopic (exact) mass is 532 g/mol. The molecule has 0 aliphatic heterocycles. The molecule has 3 fully saturated rings. The molecule has 5 aromatic rings. The number of carbonyl (C=O) groups is 1. The van der Waals surface area contributed by atoms with E-state index in [0.717, 1.165) is 31.1 Å². The number of fused-ring (bicyclic) bond motifs is 5.